The Labute approximate surface area is 86.0 Å². The highest BCUT2D eigenvalue weighted by molar-refractivity contribution is 5.70. The van der Waals surface area contributed by atoms with Crippen LogP contribution in [0.2, 0.25) is 0 Å². The second-order valence-electron chi connectivity index (χ2n) is 4.32. The summed E-state index contributed by atoms with van der Waals surface area (Å²) in [7, 11) is 0. The fraction of sp³-hybridized carbons (Fsp3) is 0.909. The number of ether oxygens (including phenoxy) is 1. The minimum absolute atomic E-state index is 0.122. The SMILES string of the molecule is CCCCOC(=O)CC1(N)CCCC1. The molecule has 0 spiro atoms. The Morgan fingerprint density at radius 3 is 2.64 bits per heavy atom. The summed E-state index contributed by atoms with van der Waals surface area (Å²) in [6.07, 6.45) is 6.64. The van der Waals surface area contributed by atoms with Crippen molar-refractivity contribution >= 4 is 5.97 Å². The number of hydrogen-bond acceptors (Lipinski definition) is 3. The third-order valence-corrected chi connectivity index (χ3v) is 2.86. The molecule has 0 bridgehead atoms. The zero-order valence-corrected chi connectivity index (χ0v) is 9.05. The van der Waals surface area contributed by atoms with Gasteiger partial charge in [-0.25, -0.2) is 0 Å². The highest BCUT2D eigenvalue weighted by Crippen LogP contribution is 2.30. The standard InChI is InChI=1S/C11H21NO2/c1-2-3-8-14-10(13)9-11(12)6-4-5-7-11/h2-9,12H2,1H3. The Kier molecular flexibility index (Phi) is 4.39. The van der Waals surface area contributed by atoms with Crippen LogP contribution in [0.3, 0.4) is 0 Å². The molecule has 0 aromatic carbocycles. The molecule has 1 aliphatic rings. The average molecular weight is 199 g/mol. The molecule has 1 fully saturated rings. The van der Waals surface area contributed by atoms with Crippen LogP contribution in [0.5, 0.6) is 0 Å². The van der Waals surface area contributed by atoms with Crippen LogP contribution in [0, 0.1) is 0 Å². The Morgan fingerprint density at radius 2 is 2.07 bits per heavy atom. The molecule has 0 heterocycles. The van der Waals surface area contributed by atoms with Crippen molar-refractivity contribution in [3.05, 3.63) is 0 Å². The van der Waals surface area contributed by atoms with Crippen molar-refractivity contribution in [2.24, 2.45) is 5.73 Å². The van der Waals surface area contributed by atoms with Crippen LogP contribution in [0.25, 0.3) is 0 Å². The van der Waals surface area contributed by atoms with Gasteiger partial charge in [0.1, 0.15) is 0 Å². The topological polar surface area (TPSA) is 52.3 Å². The number of rotatable bonds is 5. The van der Waals surface area contributed by atoms with Gasteiger partial charge in [0.25, 0.3) is 0 Å². The van der Waals surface area contributed by atoms with Gasteiger partial charge in [0.15, 0.2) is 0 Å². The minimum Gasteiger partial charge on any atom is -0.466 e. The molecule has 1 saturated carbocycles. The van der Waals surface area contributed by atoms with E-state index in [2.05, 4.69) is 6.92 Å². The predicted molar refractivity (Wildman–Crippen MR) is 55.9 cm³/mol. The summed E-state index contributed by atoms with van der Waals surface area (Å²) < 4.78 is 5.09. The summed E-state index contributed by atoms with van der Waals surface area (Å²) in [6, 6.07) is 0. The maximum absolute atomic E-state index is 11.4. The maximum atomic E-state index is 11.4. The number of hydrogen-bond donors (Lipinski definition) is 1. The van der Waals surface area contributed by atoms with Gasteiger partial charge in [-0.05, 0) is 19.3 Å². The van der Waals surface area contributed by atoms with E-state index in [0.29, 0.717) is 13.0 Å². The summed E-state index contributed by atoms with van der Waals surface area (Å²) >= 11 is 0. The minimum atomic E-state index is -0.261. The summed E-state index contributed by atoms with van der Waals surface area (Å²) in [6.45, 7) is 2.63. The lowest BCUT2D eigenvalue weighted by Crippen LogP contribution is -2.39. The summed E-state index contributed by atoms with van der Waals surface area (Å²) in [5, 5.41) is 0. The van der Waals surface area contributed by atoms with E-state index in [1.54, 1.807) is 0 Å². The first-order chi connectivity index (χ1) is 6.66. The van der Waals surface area contributed by atoms with Crippen molar-refractivity contribution in [3.63, 3.8) is 0 Å². The van der Waals surface area contributed by atoms with E-state index < -0.39 is 0 Å². The number of carbonyl (C=O) groups is 1. The summed E-state index contributed by atoms with van der Waals surface area (Å²) in [5.41, 5.74) is 5.80. The van der Waals surface area contributed by atoms with Gasteiger partial charge in [0, 0.05) is 5.54 Å². The molecule has 82 valence electrons. The highest BCUT2D eigenvalue weighted by atomic mass is 16.5. The lowest BCUT2D eigenvalue weighted by Gasteiger charge is -2.21. The molecule has 0 amide bonds. The van der Waals surface area contributed by atoms with Crippen molar-refractivity contribution in [1.29, 1.82) is 0 Å². The molecule has 0 aromatic heterocycles. The fourth-order valence-corrected chi connectivity index (χ4v) is 1.92. The van der Waals surface area contributed by atoms with E-state index in [0.717, 1.165) is 38.5 Å². The monoisotopic (exact) mass is 199 g/mol. The van der Waals surface area contributed by atoms with Crippen molar-refractivity contribution in [2.45, 2.75) is 57.4 Å². The zero-order valence-electron chi connectivity index (χ0n) is 9.05. The molecule has 14 heavy (non-hydrogen) atoms. The van der Waals surface area contributed by atoms with Crippen LogP contribution in [-0.2, 0) is 9.53 Å². The number of esters is 1. The highest BCUT2D eigenvalue weighted by Gasteiger charge is 2.32. The largest absolute Gasteiger partial charge is 0.466 e. The molecule has 0 saturated heterocycles. The molecule has 0 aliphatic heterocycles. The maximum Gasteiger partial charge on any atom is 0.307 e. The van der Waals surface area contributed by atoms with Crippen LogP contribution >= 0.6 is 0 Å². The van der Waals surface area contributed by atoms with E-state index >= 15 is 0 Å². The normalized spacial score (nSPS) is 19.6. The Bertz CT molecular complexity index is 186. The smallest absolute Gasteiger partial charge is 0.307 e. The fourth-order valence-electron chi connectivity index (χ4n) is 1.92. The third-order valence-electron chi connectivity index (χ3n) is 2.86. The molecule has 1 rings (SSSR count). The van der Waals surface area contributed by atoms with Crippen LogP contribution in [0.4, 0.5) is 0 Å². The van der Waals surface area contributed by atoms with Crippen LogP contribution < -0.4 is 5.73 Å². The predicted octanol–water partition coefficient (Wildman–Crippen LogP) is 1.99. The van der Waals surface area contributed by atoms with Crippen LogP contribution in [0.15, 0.2) is 0 Å². The van der Waals surface area contributed by atoms with E-state index in [4.69, 9.17) is 10.5 Å². The molecular formula is C11H21NO2. The first kappa shape index (κ1) is 11.5. The molecule has 1 aliphatic carbocycles. The van der Waals surface area contributed by atoms with Gasteiger partial charge in [-0.1, -0.05) is 26.2 Å². The average Bonchev–Trinajstić information content (AvgIpc) is 2.52. The first-order valence-corrected chi connectivity index (χ1v) is 5.61. The Balaban J connectivity index is 2.19. The van der Waals surface area contributed by atoms with Crippen molar-refractivity contribution in [2.75, 3.05) is 6.61 Å². The molecular weight excluding hydrogens is 178 g/mol. The lowest BCUT2D eigenvalue weighted by molar-refractivity contribution is -0.145. The van der Waals surface area contributed by atoms with E-state index in [1.165, 1.54) is 0 Å². The molecule has 0 radical (unpaired) electrons. The second kappa shape index (κ2) is 5.35. The Hall–Kier alpha value is -0.570. The van der Waals surface area contributed by atoms with Gasteiger partial charge < -0.3 is 10.5 Å². The first-order valence-electron chi connectivity index (χ1n) is 5.61. The second-order valence-corrected chi connectivity index (χ2v) is 4.32. The van der Waals surface area contributed by atoms with Gasteiger partial charge >= 0.3 is 5.97 Å². The molecule has 3 nitrogen and oxygen atoms in total. The van der Waals surface area contributed by atoms with E-state index in [9.17, 15) is 4.79 Å². The zero-order chi connectivity index (χ0) is 10.4. The molecule has 0 unspecified atom stereocenters. The molecule has 2 N–H and O–H groups in total. The number of unbranched alkanes of at least 4 members (excludes halogenated alkanes) is 1. The lowest BCUT2D eigenvalue weighted by atomic mass is 9.95. The van der Waals surface area contributed by atoms with Gasteiger partial charge in [0.05, 0.1) is 13.0 Å². The van der Waals surface area contributed by atoms with E-state index in [-0.39, 0.29) is 11.5 Å². The van der Waals surface area contributed by atoms with Gasteiger partial charge in [-0.2, -0.15) is 0 Å². The van der Waals surface area contributed by atoms with Gasteiger partial charge in [-0.15, -0.1) is 0 Å². The summed E-state index contributed by atoms with van der Waals surface area (Å²) in [5.74, 6) is -0.122. The van der Waals surface area contributed by atoms with Crippen LogP contribution in [0.1, 0.15) is 51.9 Å². The van der Waals surface area contributed by atoms with Crippen molar-refractivity contribution in [1.82, 2.24) is 0 Å². The van der Waals surface area contributed by atoms with Crippen molar-refractivity contribution in [3.8, 4) is 0 Å². The number of carbonyl (C=O) groups excluding carboxylic acids is 1. The van der Waals surface area contributed by atoms with Gasteiger partial charge in [0.2, 0.25) is 0 Å². The van der Waals surface area contributed by atoms with E-state index in [1.807, 2.05) is 0 Å². The molecule has 0 atom stereocenters. The summed E-state index contributed by atoms with van der Waals surface area (Å²) in [4.78, 5) is 11.4. The quantitative estimate of drug-likeness (QED) is 0.544. The van der Waals surface area contributed by atoms with Crippen molar-refractivity contribution < 1.29 is 9.53 Å². The van der Waals surface area contributed by atoms with Gasteiger partial charge in [-0.3, -0.25) is 4.79 Å². The van der Waals surface area contributed by atoms with Crippen LogP contribution in [-0.4, -0.2) is 18.1 Å². The Morgan fingerprint density at radius 1 is 1.43 bits per heavy atom. The third kappa shape index (κ3) is 3.66. The number of nitrogens with two attached hydrogens (primary N) is 1. The molecule has 0 aromatic rings. The molecule has 3 heteroatoms.